The summed E-state index contributed by atoms with van der Waals surface area (Å²) in [6.45, 7) is 1.26. The molecule has 0 aliphatic carbocycles. The Hall–Kier alpha value is -2.56. The monoisotopic (exact) mass is 284 g/mol. The van der Waals surface area contributed by atoms with Crippen LogP contribution in [0.1, 0.15) is 6.42 Å². The van der Waals surface area contributed by atoms with Crippen LogP contribution in [0, 0.1) is 5.82 Å². The Morgan fingerprint density at radius 3 is 2.62 bits per heavy atom. The van der Waals surface area contributed by atoms with Gasteiger partial charge in [-0.1, -0.05) is 12.1 Å². The van der Waals surface area contributed by atoms with Crippen LogP contribution in [0.4, 0.5) is 4.39 Å². The number of ether oxygens (including phenoxy) is 2. The van der Waals surface area contributed by atoms with Gasteiger partial charge in [-0.25, -0.2) is 9.37 Å². The fourth-order valence-electron chi connectivity index (χ4n) is 2.45. The van der Waals surface area contributed by atoms with E-state index >= 15 is 0 Å². The van der Waals surface area contributed by atoms with Gasteiger partial charge in [-0.2, -0.15) is 0 Å². The SMILES string of the molecule is Fc1ccccc1-c1nc2cc3c(cc2[nH]1)OCCCO3. The van der Waals surface area contributed by atoms with Crippen molar-refractivity contribution in [2.75, 3.05) is 13.2 Å². The molecule has 0 bridgehead atoms. The molecule has 1 aliphatic rings. The number of imidazole rings is 1. The van der Waals surface area contributed by atoms with Gasteiger partial charge in [0.25, 0.3) is 0 Å². The van der Waals surface area contributed by atoms with Crippen LogP contribution in [-0.2, 0) is 0 Å². The number of fused-ring (bicyclic) bond motifs is 2. The van der Waals surface area contributed by atoms with Gasteiger partial charge in [0.2, 0.25) is 0 Å². The maximum atomic E-state index is 13.8. The number of nitrogens with zero attached hydrogens (tertiary/aromatic N) is 1. The van der Waals surface area contributed by atoms with Crippen LogP contribution < -0.4 is 9.47 Å². The molecule has 1 N–H and O–H groups in total. The smallest absolute Gasteiger partial charge is 0.163 e. The number of nitrogens with one attached hydrogen (secondary N) is 1. The third kappa shape index (κ3) is 2.11. The Balaban J connectivity index is 1.85. The van der Waals surface area contributed by atoms with E-state index in [2.05, 4.69) is 9.97 Å². The number of halogens is 1. The van der Waals surface area contributed by atoms with Gasteiger partial charge in [-0.15, -0.1) is 0 Å². The molecule has 0 saturated heterocycles. The summed E-state index contributed by atoms with van der Waals surface area (Å²) >= 11 is 0. The lowest BCUT2D eigenvalue weighted by atomic mass is 10.2. The Bertz CT molecular complexity index is 770. The van der Waals surface area contributed by atoms with E-state index in [0.29, 0.717) is 36.1 Å². The van der Waals surface area contributed by atoms with Crippen molar-refractivity contribution >= 4 is 11.0 Å². The number of aromatic nitrogens is 2. The van der Waals surface area contributed by atoms with Crippen molar-refractivity contribution in [2.24, 2.45) is 0 Å². The molecule has 3 aromatic rings. The van der Waals surface area contributed by atoms with E-state index in [0.717, 1.165) is 17.5 Å². The van der Waals surface area contributed by atoms with Crippen molar-refractivity contribution < 1.29 is 13.9 Å². The molecular weight excluding hydrogens is 271 g/mol. The second-order valence-electron chi connectivity index (χ2n) is 4.93. The minimum Gasteiger partial charge on any atom is -0.489 e. The molecule has 2 aromatic carbocycles. The lowest BCUT2D eigenvalue weighted by Gasteiger charge is -2.05. The van der Waals surface area contributed by atoms with E-state index in [1.54, 1.807) is 18.2 Å². The molecule has 21 heavy (non-hydrogen) atoms. The van der Waals surface area contributed by atoms with Crippen molar-refractivity contribution in [1.82, 2.24) is 9.97 Å². The summed E-state index contributed by atoms with van der Waals surface area (Å²) < 4.78 is 25.1. The molecule has 0 saturated carbocycles. The largest absolute Gasteiger partial charge is 0.489 e. The van der Waals surface area contributed by atoms with Crippen molar-refractivity contribution in [3.05, 3.63) is 42.2 Å². The lowest BCUT2D eigenvalue weighted by Crippen LogP contribution is -1.97. The molecule has 0 unspecified atom stereocenters. The molecule has 5 heteroatoms. The molecule has 0 spiro atoms. The third-order valence-corrected chi connectivity index (χ3v) is 3.48. The molecule has 106 valence electrons. The van der Waals surface area contributed by atoms with Gasteiger partial charge in [0.05, 0.1) is 29.8 Å². The minimum absolute atomic E-state index is 0.300. The quantitative estimate of drug-likeness (QED) is 0.743. The number of rotatable bonds is 1. The zero-order chi connectivity index (χ0) is 14.2. The maximum Gasteiger partial charge on any atom is 0.163 e. The second kappa shape index (κ2) is 4.77. The van der Waals surface area contributed by atoms with Crippen LogP contribution in [0.25, 0.3) is 22.4 Å². The normalized spacial score (nSPS) is 14.1. The van der Waals surface area contributed by atoms with Crippen LogP contribution in [0.3, 0.4) is 0 Å². The number of aromatic amines is 1. The van der Waals surface area contributed by atoms with Crippen molar-refractivity contribution in [2.45, 2.75) is 6.42 Å². The second-order valence-corrected chi connectivity index (χ2v) is 4.93. The zero-order valence-electron chi connectivity index (χ0n) is 11.2. The van der Waals surface area contributed by atoms with E-state index < -0.39 is 0 Å². The van der Waals surface area contributed by atoms with E-state index in [4.69, 9.17) is 9.47 Å². The van der Waals surface area contributed by atoms with Gasteiger partial charge in [0, 0.05) is 18.6 Å². The summed E-state index contributed by atoms with van der Waals surface area (Å²) in [5.41, 5.74) is 1.99. The minimum atomic E-state index is -0.300. The molecule has 1 aliphatic heterocycles. The molecule has 0 amide bonds. The Morgan fingerprint density at radius 1 is 1.05 bits per heavy atom. The number of hydrogen-bond donors (Lipinski definition) is 1. The molecule has 4 nitrogen and oxygen atoms in total. The predicted molar refractivity (Wildman–Crippen MR) is 77.1 cm³/mol. The fourth-order valence-corrected chi connectivity index (χ4v) is 2.45. The highest BCUT2D eigenvalue weighted by molar-refractivity contribution is 5.83. The van der Waals surface area contributed by atoms with Crippen LogP contribution in [0.15, 0.2) is 36.4 Å². The van der Waals surface area contributed by atoms with Gasteiger partial charge < -0.3 is 14.5 Å². The lowest BCUT2D eigenvalue weighted by molar-refractivity contribution is 0.297. The predicted octanol–water partition coefficient (Wildman–Crippen LogP) is 3.53. The van der Waals surface area contributed by atoms with Crippen LogP contribution >= 0.6 is 0 Å². The first kappa shape index (κ1) is 12.2. The number of hydrogen-bond acceptors (Lipinski definition) is 3. The molecule has 2 heterocycles. The molecule has 0 atom stereocenters. The average Bonchev–Trinajstić information content (AvgIpc) is 2.75. The van der Waals surface area contributed by atoms with E-state index in [1.807, 2.05) is 12.1 Å². The van der Waals surface area contributed by atoms with Gasteiger partial charge in [-0.05, 0) is 12.1 Å². The van der Waals surface area contributed by atoms with Gasteiger partial charge in [-0.3, -0.25) is 0 Å². The highest BCUT2D eigenvalue weighted by atomic mass is 19.1. The first-order valence-electron chi connectivity index (χ1n) is 6.85. The van der Waals surface area contributed by atoms with E-state index in [-0.39, 0.29) is 5.82 Å². The summed E-state index contributed by atoms with van der Waals surface area (Å²) in [6.07, 6.45) is 0.858. The Morgan fingerprint density at radius 2 is 1.81 bits per heavy atom. The van der Waals surface area contributed by atoms with Crippen LogP contribution in [-0.4, -0.2) is 23.2 Å². The standard InChI is InChI=1S/C16H13FN2O2/c17-11-5-2-1-4-10(11)16-18-12-8-14-15(9-13(12)19-16)21-7-3-6-20-14/h1-2,4-5,8-9H,3,6-7H2,(H,18,19). The topological polar surface area (TPSA) is 47.1 Å². The van der Waals surface area contributed by atoms with Crippen molar-refractivity contribution in [1.29, 1.82) is 0 Å². The van der Waals surface area contributed by atoms with Gasteiger partial charge in [0.15, 0.2) is 11.5 Å². The first-order valence-corrected chi connectivity index (χ1v) is 6.85. The Labute approximate surface area is 120 Å². The Kier molecular flexibility index (Phi) is 2.77. The summed E-state index contributed by atoms with van der Waals surface area (Å²) in [5, 5.41) is 0. The summed E-state index contributed by atoms with van der Waals surface area (Å²) in [5.74, 6) is 1.59. The third-order valence-electron chi connectivity index (χ3n) is 3.48. The summed E-state index contributed by atoms with van der Waals surface area (Å²) in [7, 11) is 0. The summed E-state index contributed by atoms with van der Waals surface area (Å²) in [6, 6.07) is 10.2. The highest BCUT2D eigenvalue weighted by Gasteiger charge is 2.15. The molecule has 1 aromatic heterocycles. The number of H-pyrrole nitrogens is 1. The number of benzene rings is 2. The van der Waals surface area contributed by atoms with Crippen LogP contribution in [0.2, 0.25) is 0 Å². The summed E-state index contributed by atoms with van der Waals surface area (Å²) in [4.78, 5) is 7.59. The first-order chi connectivity index (χ1) is 10.3. The molecular formula is C16H13FN2O2. The van der Waals surface area contributed by atoms with Crippen molar-refractivity contribution in [3.8, 4) is 22.9 Å². The van der Waals surface area contributed by atoms with Gasteiger partial charge in [0.1, 0.15) is 11.6 Å². The molecule has 0 radical (unpaired) electrons. The molecule has 4 rings (SSSR count). The van der Waals surface area contributed by atoms with Crippen LogP contribution in [0.5, 0.6) is 11.5 Å². The zero-order valence-corrected chi connectivity index (χ0v) is 11.2. The van der Waals surface area contributed by atoms with E-state index in [1.165, 1.54) is 6.07 Å². The fraction of sp³-hybridized carbons (Fsp3) is 0.188. The van der Waals surface area contributed by atoms with Gasteiger partial charge >= 0.3 is 0 Å². The maximum absolute atomic E-state index is 13.8. The van der Waals surface area contributed by atoms with Crippen molar-refractivity contribution in [3.63, 3.8) is 0 Å². The average molecular weight is 284 g/mol. The van der Waals surface area contributed by atoms with E-state index in [9.17, 15) is 4.39 Å². The molecule has 0 fully saturated rings. The highest BCUT2D eigenvalue weighted by Crippen LogP contribution is 2.34.